The van der Waals surface area contributed by atoms with E-state index in [9.17, 15) is 4.79 Å². The van der Waals surface area contributed by atoms with Gasteiger partial charge in [-0.3, -0.25) is 14.1 Å². The summed E-state index contributed by atoms with van der Waals surface area (Å²) in [5.41, 5.74) is 0.832. The van der Waals surface area contributed by atoms with Gasteiger partial charge in [0.05, 0.1) is 18.9 Å². The molecule has 0 radical (unpaired) electrons. The largest absolute Gasteiger partial charge is 0.347 e. The second-order valence-electron chi connectivity index (χ2n) is 5.53. The maximum atomic E-state index is 12.0. The highest BCUT2D eigenvalue weighted by molar-refractivity contribution is 7.15. The monoisotopic (exact) mass is 307 g/mol. The highest BCUT2D eigenvalue weighted by Crippen LogP contribution is 2.31. The molecule has 1 spiro atoms. The minimum absolute atomic E-state index is 0.00723. The number of rotatable bonds is 2. The Balaban J connectivity index is 1.47. The lowest BCUT2D eigenvalue weighted by Crippen LogP contribution is -2.44. The summed E-state index contributed by atoms with van der Waals surface area (Å²) in [5.74, 6) is -0.346. The van der Waals surface area contributed by atoms with Gasteiger partial charge in [0.25, 0.3) is 5.56 Å². The van der Waals surface area contributed by atoms with Crippen LogP contribution in [0.2, 0.25) is 0 Å². The molecule has 4 heterocycles. The minimum Gasteiger partial charge on any atom is -0.347 e. The molecular weight excluding hydrogens is 290 g/mol. The molecule has 2 aliphatic rings. The topological polar surface area (TPSA) is 56.1 Å². The van der Waals surface area contributed by atoms with E-state index in [1.165, 1.54) is 11.3 Å². The Bertz CT molecular complexity index is 695. The van der Waals surface area contributed by atoms with Gasteiger partial charge in [0.2, 0.25) is 0 Å². The Kier molecular flexibility index (Phi) is 3.30. The number of piperidine rings is 1. The summed E-state index contributed by atoms with van der Waals surface area (Å²) in [6.07, 6.45) is 3.53. The molecule has 21 heavy (non-hydrogen) atoms. The fourth-order valence-corrected chi connectivity index (χ4v) is 3.77. The Labute approximate surface area is 125 Å². The van der Waals surface area contributed by atoms with Crippen molar-refractivity contribution < 1.29 is 9.47 Å². The number of hydrogen-bond donors (Lipinski definition) is 0. The van der Waals surface area contributed by atoms with Crippen molar-refractivity contribution in [1.82, 2.24) is 14.3 Å². The smallest absolute Gasteiger partial charge is 0.258 e. The van der Waals surface area contributed by atoms with Gasteiger partial charge in [0.1, 0.15) is 0 Å². The first-order valence-electron chi connectivity index (χ1n) is 7.20. The number of aromatic nitrogens is 2. The van der Waals surface area contributed by atoms with Crippen LogP contribution in [0.5, 0.6) is 0 Å². The molecule has 0 atom stereocenters. The SMILES string of the molecule is O=c1cc(CN2CCC3(CC2)OCCO3)nc2sccn12. The van der Waals surface area contributed by atoms with E-state index in [1.54, 1.807) is 16.7 Å². The van der Waals surface area contributed by atoms with Crippen molar-refractivity contribution in [3.8, 4) is 0 Å². The second-order valence-corrected chi connectivity index (χ2v) is 6.40. The fourth-order valence-electron chi connectivity index (χ4n) is 3.04. The molecule has 4 rings (SSSR count). The normalized spacial score (nSPS) is 22.3. The van der Waals surface area contributed by atoms with Crippen LogP contribution in [0.1, 0.15) is 18.5 Å². The number of nitrogens with zero attached hydrogens (tertiary/aromatic N) is 3. The lowest BCUT2D eigenvalue weighted by Gasteiger charge is -2.37. The molecule has 7 heteroatoms. The van der Waals surface area contributed by atoms with Crippen molar-refractivity contribution in [2.75, 3.05) is 26.3 Å². The van der Waals surface area contributed by atoms with Gasteiger partial charge in [-0.25, -0.2) is 4.98 Å². The zero-order chi connectivity index (χ0) is 14.3. The maximum Gasteiger partial charge on any atom is 0.258 e. The van der Waals surface area contributed by atoms with E-state index < -0.39 is 0 Å². The van der Waals surface area contributed by atoms with E-state index in [1.807, 2.05) is 5.38 Å². The van der Waals surface area contributed by atoms with Crippen molar-refractivity contribution in [1.29, 1.82) is 0 Å². The number of fused-ring (bicyclic) bond motifs is 1. The molecule has 0 aliphatic carbocycles. The van der Waals surface area contributed by atoms with Crippen LogP contribution in [0.25, 0.3) is 4.96 Å². The van der Waals surface area contributed by atoms with Crippen LogP contribution in [0, 0.1) is 0 Å². The van der Waals surface area contributed by atoms with Crippen molar-refractivity contribution in [2.24, 2.45) is 0 Å². The zero-order valence-corrected chi connectivity index (χ0v) is 12.5. The third kappa shape index (κ3) is 2.50. The molecule has 112 valence electrons. The van der Waals surface area contributed by atoms with Crippen LogP contribution >= 0.6 is 11.3 Å². The van der Waals surface area contributed by atoms with E-state index >= 15 is 0 Å². The molecule has 0 bridgehead atoms. The van der Waals surface area contributed by atoms with Gasteiger partial charge in [-0.15, -0.1) is 11.3 Å². The molecule has 0 N–H and O–H groups in total. The summed E-state index contributed by atoms with van der Waals surface area (Å²) < 4.78 is 13.0. The molecule has 2 saturated heterocycles. The number of ether oxygens (including phenoxy) is 2. The van der Waals surface area contributed by atoms with Crippen LogP contribution in [0.4, 0.5) is 0 Å². The van der Waals surface area contributed by atoms with Crippen LogP contribution in [-0.4, -0.2) is 46.4 Å². The molecule has 0 unspecified atom stereocenters. The predicted molar refractivity (Wildman–Crippen MR) is 78.5 cm³/mol. The highest BCUT2D eigenvalue weighted by Gasteiger charge is 2.39. The van der Waals surface area contributed by atoms with Gasteiger partial charge in [-0.1, -0.05) is 0 Å². The van der Waals surface area contributed by atoms with E-state index in [0.29, 0.717) is 19.8 Å². The third-order valence-corrected chi connectivity index (χ3v) is 4.93. The summed E-state index contributed by atoms with van der Waals surface area (Å²) >= 11 is 1.49. The summed E-state index contributed by atoms with van der Waals surface area (Å²) in [5, 5.41) is 1.88. The van der Waals surface area contributed by atoms with Crippen molar-refractivity contribution in [3.63, 3.8) is 0 Å². The van der Waals surface area contributed by atoms with Gasteiger partial charge in [0.15, 0.2) is 10.7 Å². The first kappa shape index (κ1) is 13.4. The fraction of sp³-hybridized carbons (Fsp3) is 0.571. The van der Waals surface area contributed by atoms with Gasteiger partial charge < -0.3 is 9.47 Å². The first-order valence-corrected chi connectivity index (χ1v) is 8.08. The van der Waals surface area contributed by atoms with Gasteiger partial charge in [-0.2, -0.15) is 0 Å². The van der Waals surface area contributed by atoms with Gasteiger partial charge in [-0.05, 0) is 0 Å². The maximum absolute atomic E-state index is 12.0. The lowest BCUT2D eigenvalue weighted by atomic mass is 10.0. The van der Waals surface area contributed by atoms with E-state index in [2.05, 4.69) is 9.88 Å². The Morgan fingerprint density at radius 2 is 2.05 bits per heavy atom. The van der Waals surface area contributed by atoms with Gasteiger partial charge in [0, 0.05) is 50.1 Å². The summed E-state index contributed by atoms with van der Waals surface area (Å²) in [4.78, 5) is 19.6. The average Bonchev–Trinajstić information content (AvgIpc) is 3.11. The van der Waals surface area contributed by atoms with Crippen molar-refractivity contribution in [2.45, 2.75) is 25.2 Å². The number of thiazole rings is 1. The van der Waals surface area contributed by atoms with Gasteiger partial charge >= 0.3 is 0 Å². The van der Waals surface area contributed by atoms with Crippen LogP contribution in [0.3, 0.4) is 0 Å². The Morgan fingerprint density at radius 3 is 2.81 bits per heavy atom. The number of hydrogen-bond acceptors (Lipinski definition) is 6. The third-order valence-electron chi connectivity index (χ3n) is 4.17. The molecule has 0 aromatic carbocycles. The van der Waals surface area contributed by atoms with E-state index in [4.69, 9.17) is 9.47 Å². The first-order chi connectivity index (χ1) is 10.2. The highest BCUT2D eigenvalue weighted by atomic mass is 32.1. The Hall–Kier alpha value is -1.28. The summed E-state index contributed by atoms with van der Waals surface area (Å²) in [6.45, 7) is 3.93. The second kappa shape index (κ2) is 5.17. The molecular formula is C14H17N3O3S. The molecule has 2 aromatic rings. The Morgan fingerprint density at radius 1 is 1.29 bits per heavy atom. The minimum atomic E-state index is -0.346. The standard InChI is InChI=1S/C14H17N3O3S/c18-12-9-11(15-13-17(12)5-8-21-13)10-16-3-1-14(2-4-16)19-6-7-20-14/h5,8-9H,1-4,6-7,10H2. The molecule has 2 aliphatic heterocycles. The molecule has 2 aromatic heterocycles. The summed E-state index contributed by atoms with van der Waals surface area (Å²) in [6, 6.07) is 1.63. The van der Waals surface area contributed by atoms with E-state index in [0.717, 1.165) is 36.6 Å². The molecule has 0 saturated carbocycles. The van der Waals surface area contributed by atoms with Crippen molar-refractivity contribution in [3.05, 3.63) is 33.7 Å². The molecule has 6 nitrogen and oxygen atoms in total. The number of likely N-dealkylation sites (tertiary alicyclic amines) is 1. The quantitative estimate of drug-likeness (QED) is 0.831. The van der Waals surface area contributed by atoms with Crippen LogP contribution < -0.4 is 5.56 Å². The van der Waals surface area contributed by atoms with Crippen LogP contribution in [0.15, 0.2) is 22.4 Å². The predicted octanol–water partition coefficient (Wildman–Crippen LogP) is 1.09. The van der Waals surface area contributed by atoms with Crippen LogP contribution in [-0.2, 0) is 16.0 Å². The lowest BCUT2D eigenvalue weighted by molar-refractivity contribution is -0.185. The van der Waals surface area contributed by atoms with E-state index in [-0.39, 0.29) is 11.3 Å². The zero-order valence-electron chi connectivity index (χ0n) is 11.7. The molecule has 0 amide bonds. The van der Waals surface area contributed by atoms with Crippen molar-refractivity contribution >= 4 is 16.3 Å². The average molecular weight is 307 g/mol. The molecule has 2 fully saturated rings. The summed E-state index contributed by atoms with van der Waals surface area (Å²) in [7, 11) is 0.